The third kappa shape index (κ3) is 1.86. The number of hydrogen-bond acceptors (Lipinski definition) is 3. The van der Waals surface area contributed by atoms with Crippen LogP contribution in [0.5, 0.6) is 5.75 Å². The van der Waals surface area contributed by atoms with Crippen LogP contribution >= 0.6 is 0 Å². The highest BCUT2D eigenvalue weighted by Crippen LogP contribution is 2.24. The summed E-state index contributed by atoms with van der Waals surface area (Å²) in [6.45, 7) is 2.07. The van der Waals surface area contributed by atoms with Gasteiger partial charge in [-0.1, -0.05) is 6.92 Å². The van der Waals surface area contributed by atoms with E-state index < -0.39 is 0 Å². The molecule has 0 radical (unpaired) electrons. The van der Waals surface area contributed by atoms with E-state index in [0.717, 1.165) is 29.1 Å². The van der Waals surface area contributed by atoms with Gasteiger partial charge in [-0.2, -0.15) is 0 Å². The molecule has 4 nitrogen and oxygen atoms in total. The number of benzene rings is 1. The van der Waals surface area contributed by atoms with Crippen LogP contribution in [0.1, 0.15) is 12.6 Å². The van der Waals surface area contributed by atoms with Gasteiger partial charge in [0.25, 0.3) is 0 Å². The molecule has 1 aromatic heterocycles. The molecule has 1 heterocycles. The van der Waals surface area contributed by atoms with Crippen molar-refractivity contribution in [2.45, 2.75) is 13.3 Å². The lowest BCUT2D eigenvalue weighted by Crippen LogP contribution is -1.87. The average Bonchev–Trinajstić information content (AvgIpc) is 2.70. The molecule has 0 saturated carbocycles. The molecule has 1 aromatic carbocycles. The third-order valence-electron chi connectivity index (χ3n) is 2.51. The van der Waals surface area contributed by atoms with Crippen molar-refractivity contribution in [3.8, 4) is 17.0 Å². The van der Waals surface area contributed by atoms with Crippen molar-refractivity contribution in [3.63, 3.8) is 0 Å². The van der Waals surface area contributed by atoms with Gasteiger partial charge >= 0.3 is 0 Å². The van der Waals surface area contributed by atoms with Crippen LogP contribution in [0.15, 0.2) is 24.3 Å². The van der Waals surface area contributed by atoms with Gasteiger partial charge in [0.15, 0.2) is 5.95 Å². The number of aryl methyl sites for hydroxylation is 1. The maximum atomic E-state index is 5.66. The van der Waals surface area contributed by atoms with E-state index in [1.54, 1.807) is 7.11 Å². The maximum Gasteiger partial charge on any atom is 0.198 e. The third-order valence-corrected chi connectivity index (χ3v) is 2.51. The topological polar surface area (TPSA) is 63.9 Å². The summed E-state index contributed by atoms with van der Waals surface area (Å²) in [6.07, 6.45) is 0.881. The predicted molar refractivity (Wildman–Crippen MR) is 64.4 cm³/mol. The Morgan fingerprint density at radius 3 is 2.56 bits per heavy atom. The van der Waals surface area contributed by atoms with E-state index in [1.165, 1.54) is 0 Å². The summed E-state index contributed by atoms with van der Waals surface area (Å²) in [5, 5.41) is 0. The predicted octanol–water partition coefficient (Wildman–Crippen LogP) is 2.23. The van der Waals surface area contributed by atoms with Gasteiger partial charge in [0.1, 0.15) is 5.75 Å². The van der Waals surface area contributed by atoms with Crippen LogP contribution in [0, 0.1) is 0 Å². The number of aromatic amines is 1. The first-order valence-corrected chi connectivity index (χ1v) is 5.23. The highest BCUT2D eigenvalue weighted by molar-refractivity contribution is 5.64. The number of nitrogens with zero attached hydrogens (tertiary/aromatic N) is 1. The number of anilines is 1. The summed E-state index contributed by atoms with van der Waals surface area (Å²) in [5.41, 5.74) is 8.68. The fourth-order valence-electron chi connectivity index (χ4n) is 1.67. The molecule has 84 valence electrons. The molecule has 0 fully saturated rings. The van der Waals surface area contributed by atoms with Crippen molar-refractivity contribution in [1.82, 2.24) is 9.97 Å². The second-order valence-corrected chi connectivity index (χ2v) is 3.53. The van der Waals surface area contributed by atoms with Crippen molar-refractivity contribution < 1.29 is 4.74 Å². The highest BCUT2D eigenvalue weighted by Gasteiger charge is 2.09. The Hall–Kier alpha value is -1.97. The summed E-state index contributed by atoms with van der Waals surface area (Å²) in [5.74, 6) is 1.30. The second kappa shape index (κ2) is 4.26. The van der Waals surface area contributed by atoms with Gasteiger partial charge in [0, 0.05) is 11.3 Å². The van der Waals surface area contributed by atoms with Crippen molar-refractivity contribution >= 4 is 5.95 Å². The van der Waals surface area contributed by atoms with Gasteiger partial charge in [-0.05, 0) is 30.7 Å². The molecule has 0 aliphatic heterocycles. The van der Waals surface area contributed by atoms with Gasteiger partial charge in [0.2, 0.25) is 0 Å². The second-order valence-electron chi connectivity index (χ2n) is 3.53. The summed E-state index contributed by atoms with van der Waals surface area (Å²) >= 11 is 0. The number of H-pyrrole nitrogens is 1. The first kappa shape index (κ1) is 10.5. The minimum atomic E-state index is 0.461. The van der Waals surface area contributed by atoms with Crippen LogP contribution in [-0.2, 0) is 6.42 Å². The zero-order chi connectivity index (χ0) is 11.5. The number of aromatic nitrogens is 2. The number of ether oxygens (including phenoxy) is 1. The lowest BCUT2D eigenvalue weighted by atomic mass is 10.1. The van der Waals surface area contributed by atoms with Crippen molar-refractivity contribution in [3.05, 3.63) is 30.0 Å². The summed E-state index contributed by atoms with van der Waals surface area (Å²) in [4.78, 5) is 7.35. The van der Waals surface area contributed by atoms with E-state index in [1.807, 2.05) is 24.3 Å². The molecule has 2 rings (SSSR count). The van der Waals surface area contributed by atoms with Crippen LogP contribution in [0.25, 0.3) is 11.3 Å². The zero-order valence-corrected chi connectivity index (χ0v) is 9.45. The number of methoxy groups -OCH3 is 1. The van der Waals surface area contributed by atoms with Crippen LogP contribution in [0.4, 0.5) is 5.95 Å². The molecule has 4 heteroatoms. The standard InChI is InChI=1S/C12H15N3O/c1-3-10-11(15-12(13)14-10)8-4-6-9(16-2)7-5-8/h4-7H,3H2,1-2H3,(H3,13,14,15). The SMILES string of the molecule is CCc1[nH]c(N)nc1-c1ccc(OC)cc1. The van der Waals surface area contributed by atoms with E-state index in [0.29, 0.717) is 5.95 Å². The molecule has 0 saturated heterocycles. The Bertz CT molecular complexity index is 474. The molecular formula is C12H15N3O. The van der Waals surface area contributed by atoms with Crippen molar-refractivity contribution in [2.75, 3.05) is 12.8 Å². The number of imidazole rings is 1. The lowest BCUT2D eigenvalue weighted by Gasteiger charge is -2.02. The molecule has 0 atom stereocenters. The Labute approximate surface area is 94.5 Å². The maximum absolute atomic E-state index is 5.66. The van der Waals surface area contributed by atoms with E-state index in [-0.39, 0.29) is 0 Å². The summed E-state index contributed by atoms with van der Waals surface area (Å²) in [7, 11) is 1.65. The quantitative estimate of drug-likeness (QED) is 0.828. The summed E-state index contributed by atoms with van der Waals surface area (Å²) in [6, 6.07) is 7.79. The summed E-state index contributed by atoms with van der Waals surface area (Å²) < 4.78 is 5.11. The minimum absolute atomic E-state index is 0.461. The average molecular weight is 217 g/mol. The molecule has 0 aliphatic carbocycles. The molecule has 0 unspecified atom stereocenters. The van der Waals surface area contributed by atoms with Crippen LogP contribution in [-0.4, -0.2) is 17.1 Å². The number of nitrogen functional groups attached to an aromatic ring is 1. The van der Waals surface area contributed by atoms with Gasteiger partial charge in [-0.3, -0.25) is 0 Å². The smallest absolute Gasteiger partial charge is 0.198 e. The number of nitrogens with one attached hydrogen (secondary N) is 1. The number of rotatable bonds is 3. The fraction of sp³-hybridized carbons (Fsp3) is 0.250. The minimum Gasteiger partial charge on any atom is -0.497 e. The lowest BCUT2D eigenvalue weighted by molar-refractivity contribution is 0.415. The molecule has 16 heavy (non-hydrogen) atoms. The van der Waals surface area contributed by atoms with Crippen molar-refractivity contribution in [2.24, 2.45) is 0 Å². The monoisotopic (exact) mass is 217 g/mol. The Kier molecular flexibility index (Phi) is 2.81. The Morgan fingerprint density at radius 1 is 1.31 bits per heavy atom. The largest absolute Gasteiger partial charge is 0.497 e. The molecule has 3 N–H and O–H groups in total. The van der Waals surface area contributed by atoms with Gasteiger partial charge in [0.05, 0.1) is 12.8 Å². The molecule has 0 bridgehead atoms. The Balaban J connectivity index is 2.41. The zero-order valence-electron chi connectivity index (χ0n) is 9.45. The van der Waals surface area contributed by atoms with Gasteiger partial charge < -0.3 is 15.5 Å². The normalized spacial score (nSPS) is 10.4. The van der Waals surface area contributed by atoms with Crippen LogP contribution in [0.3, 0.4) is 0 Å². The molecule has 0 spiro atoms. The van der Waals surface area contributed by atoms with Crippen LogP contribution < -0.4 is 10.5 Å². The molecule has 0 amide bonds. The fourth-order valence-corrected chi connectivity index (χ4v) is 1.67. The van der Waals surface area contributed by atoms with E-state index in [2.05, 4.69) is 16.9 Å². The van der Waals surface area contributed by atoms with Gasteiger partial charge in [-0.25, -0.2) is 4.98 Å². The van der Waals surface area contributed by atoms with Crippen molar-refractivity contribution in [1.29, 1.82) is 0 Å². The van der Waals surface area contributed by atoms with E-state index >= 15 is 0 Å². The van der Waals surface area contributed by atoms with Gasteiger partial charge in [-0.15, -0.1) is 0 Å². The van der Waals surface area contributed by atoms with Crippen LogP contribution in [0.2, 0.25) is 0 Å². The first-order chi connectivity index (χ1) is 7.74. The van der Waals surface area contributed by atoms with E-state index in [4.69, 9.17) is 10.5 Å². The number of hydrogen-bond donors (Lipinski definition) is 2. The molecule has 2 aromatic rings. The Morgan fingerprint density at radius 2 is 2.00 bits per heavy atom. The molecule has 0 aliphatic rings. The van der Waals surface area contributed by atoms with E-state index in [9.17, 15) is 0 Å². The number of nitrogens with two attached hydrogens (primary N) is 1. The molecular weight excluding hydrogens is 202 g/mol. The highest BCUT2D eigenvalue weighted by atomic mass is 16.5. The first-order valence-electron chi connectivity index (χ1n) is 5.23.